The van der Waals surface area contributed by atoms with Gasteiger partial charge in [-0.1, -0.05) is 12.1 Å². The number of halogens is 2. The van der Waals surface area contributed by atoms with Crippen LogP contribution in [0, 0.1) is 18.6 Å². The van der Waals surface area contributed by atoms with Crippen molar-refractivity contribution in [3.8, 4) is 0 Å². The highest BCUT2D eigenvalue weighted by Gasteiger charge is 2.23. The third-order valence-electron chi connectivity index (χ3n) is 4.19. The van der Waals surface area contributed by atoms with Crippen molar-refractivity contribution in [1.29, 1.82) is 0 Å². The van der Waals surface area contributed by atoms with E-state index in [4.69, 9.17) is 5.73 Å². The zero-order chi connectivity index (χ0) is 18.3. The molecule has 0 radical (unpaired) electrons. The van der Waals surface area contributed by atoms with E-state index < -0.39 is 29.0 Å². The number of hydrogen-bond acceptors (Lipinski definition) is 3. The summed E-state index contributed by atoms with van der Waals surface area (Å²) in [5.74, 6) is -2.76. The van der Waals surface area contributed by atoms with Gasteiger partial charge in [0.05, 0.1) is 5.56 Å². The summed E-state index contributed by atoms with van der Waals surface area (Å²) in [6, 6.07) is 6.08. The molecule has 1 heterocycles. The zero-order valence-corrected chi connectivity index (χ0v) is 13.7. The Kier molecular flexibility index (Phi) is 4.22. The minimum atomic E-state index is -0.975. The molecule has 1 aromatic heterocycles. The summed E-state index contributed by atoms with van der Waals surface area (Å²) < 4.78 is 28.8. The Morgan fingerprint density at radius 1 is 1.20 bits per heavy atom. The van der Waals surface area contributed by atoms with Gasteiger partial charge in [0.25, 0.3) is 5.56 Å². The van der Waals surface area contributed by atoms with Crippen LogP contribution in [0.1, 0.15) is 40.0 Å². The topological polar surface area (TPSA) is 76.0 Å². The van der Waals surface area contributed by atoms with Crippen LogP contribution in [0.2, 0.25) is 0 Å². The van der Waals surface area contributed by atoms with Crippen LogP contribution in [0.5, 0.6) is 0 Å². The molecule has 6 heteroatoms. The normalized spacial score (nSPS) is 12.4. The summed E-state index contributed by atoms with van der Waals surface area (Å²) in [4.78, 5) is 27.4. The smallest absolute Gasteiger partial charge is 0.255 e. The van der Waals surface area contributed by atoms with E-state index in [0.29, 0.717) is 16.3 Å². The van der Waals surface area contributed by atoms with Crippen molar-refractivity contribution in [1.82, 2.24) is 4.98 Å². The van der Waals surface area contributed by atoms with Gasteiger partial charge < -0.3 is 10.7 Å². The Morgan fingerprint density at radius 3 is 2.44 bits per heavy atom. The van der Waals surface area contributed by atoms with Crippen molar-refractivity contribution in [3.05, 3.63) is 80.8 Å². The second-order valence-corrected chi connectivity index (χ2v) is 6.01. The first kappa shape index (κ1) is 17.0. The number of nitrogens with two attached hydrogens (primary N) is 1. The van der Waals surface area contributed by atoms with E-state index >= 15 is 0 Å². The lowest BCUT2D eigenvalue weighted by Crippen LogP contribution is -2.14. The molecule has 0 saturated heterocycles. The molecule has 3 aromatic rings. The molecule has 0 amide bonds. The maximum atomic E-state index is 14.4. The molecular weight excluding hydrogens is 326 g/mol. The van der Waals surface area contributed by atoms with Crippen molar-refractivity contribution in [2.45, 2.75) is 19.9 Å². The van der Waals surface area contributed by atoms with Crippen molar-refractivity contribution in [2.75, 3.05) is 0 Å². The molecule has 0 saturated carbocycles. The number of aromatic amines is 1. The molecule has 0 bridgehead atoms. The van der Waals surface area contributed by atoms with Crippen LogP contribution in [0.3, 0.4) is 0 Å². The number of H-pyrrole nitrogens is 1. The molecule has 25 heavy (non-hydrogen) atoms. The SMILES string of the molecule is Cc1c[nH]c(=O)c2cccc(C(=O)c3c(F)cc([C@H](C)N)cc3F)c12. The lowest BCUT2D eigenvalue weighted by Gasteiger charge is -2.12. The largest absolute Gasteiger partial charge is 0.328 e. The van der Waals surface area contributed by atoms with Crippen molar-refractivity contribution in [2.24, 2.45) is 5.73 Å². The van der Waals surface area contributed by atoms with Gasteiger partial charge in [0.2, 0.25) is 0 Å². The zero-order valence-electron chi connectivity index (χ0n) is 13.7. The molecule has 2 aromatic carbocycles. The van der Waals surface area contributed by atoms with Crippen LogP contribution in [-0.2, 0) is 0 Å². The lowest BCUT2D eigenvalue weighted by atomic mass is 9.94. The minimum absolute atomic E-state index is 0.0763. The first-order chi connectivity index (χ1) is 11.8. The first-order valence-corrected chi connectivity index (χ1v) is 7.71. The fourth-order valence-corrected chi connectivity index (χ4v) is 2.89. The summed E-state index contributed by atoms with van der Waals surface area (Å²) in [6.07, 6.45) is 1.47. The van der Waals surface area contributed by atoms with E-state index in [1.807, 2.05) is 0 Å². The number of carbonyl (C=O) groups excluding carboxylic acids is 1. The number of aromatic nitrogens is 1. The van der Waals surface area contributed by atoms with Gasteiger partial charge in [-0.15, -0.1) is 0 Å². The molecule has 0 aliphatic carbocycles. The number of ketones is 1. The van der Waals surface area contributed by atoms with Crippen molar-refractivity contribution in [3.63, 3.8) is 0 Å². The lowest BCUT2D eigenvalue weighted by molar-refractivity contribution is 0.103. The Bertz CT molecular complexity index is 1030. The predicted octanol–water partition coefficient (Wildman–Crippen LogP) is 3.37. The molecule has 0 aliphatic heterocycles. The standard InChI is InChI=1S/C19H16F2N2O2/c1-9-8-23-19(25)13-5-3-4-12(16(9)13)18(24)17-14(20)6-11(10(2)22)7-15(17)21/h3-8,10H,22H2,1-2H3,(H,23,25)/t10-/m0/s1. The number of pyridine rings is 1. The van der Waals surface area contributed by atoms with Crippen LogP contribution >= 0.6 is 0 Å². The van der Waals surface area contributed by atoms with Gasteiger partial charge in [-0.2, -0.15) is 0 Å². The Morgan fingerprint density at radius 2 is 1.84 bits per heavy atom. The second-order valence-electron chi connectivity index (χ2n) is 6.01. The monoisotopic (exact) mass is 342 g/mol. The summed E-state index contributed by atoms with van der Waals surface area (Å²) in [5, 5.41) is 0.671. The van der Waals surface area contributed by atoms with Gasteiger partial charge in [-0.3, -0.25) is 9.59 Å². The Balaban J connectivity index is 2.26. The van der Waals surface area contributed by atoms with Crippen molar-refractivity contribution >= 4 is 16.6 Å². The fraction of sp³-hybridized carbons (Fsp3) is 0.158. The van der Waals surface area contributed by atoms with Gasteiger partial charge in [-0.05, 0) is 43.2 Å². The van der Waals surface area contributed by atoms with Crippen LogP contribution < -0.4 is 11.3 Å². The summed E-state index contributed by atoms with van der Waals surface area (Å²) >= 11 is 0. The predicted molar refractivity (Wildman–Crippen MR) is 91.7 cm³/mol. The third-order valence-corrected chi connectivity index (χ3v) is 4.19. The summed E-state index contributed by atoms with van der Waals surface area (Å²) in [7, 11) is 0. The van der Waals surface area contributed by atoms with E-state index in [1.54, 1.807) is 19.9 Å². The number of aryl methyl sites for hydroxylation is 1. The number of fused-ring (bicyclic) bond motifs is 1. The van der Waals surface area contributed by atoms with E-state index in [-0.39, 0.29) is 16.7 Å². The highest BCUT2D eigenvalue weighted by atomic mass is 19.1. The maximum absolute atomic E-state index is 14.4. The van der Waals surface area contributed by atoms with E-state index in [0.717, 1.165) is 12.1 Å². The van der Waals surface area contributed by atoms with Crippen LogP contribution in [-0.4, -0.2) is 10.8 Å². The van der Waals surface area contributed by atoms with E-state index in [2.05, 4.69) is 4.98 Å². The number of benzene rings is 2. The summed E-state index contributed by atoms with van der Waals surface area (Å²) in [6.45, 7) is 3.30. The fourth-order valence-electron chi connectivity index (χ4n) is 2.89. The average molecular weight is 342 g/mol. The average Bonchev–Trinajstić information content (AvgIpc) is 2.57. The molecular formula is C19H16F2N2O2. The maximum Gasteiger partial charge on any atom is 0.255 e. The minimum Gasteiger partial charge on any atom is -0.328 e. The molecule has 3 rings (SSSR count). The second kappa shape index (κ2) is 6.22. The third kappa shape index (κ3) is 2.85. The number of nitrogens with one attached hydrogen (secondary N) is 1. The Hall–Kier alpha value is -2.86. The van der Waals surface area contributed by atoms with E-state index in [9.17, 15) is 18.4 Å². The molecule has 0 spiro atoms. The van der Waals surface area contributed by atoms with Gasteiger partial charge in [0.15, 0.2) is 5.78 Å². The number of hydrogen-bond donors (Lipinski definition) is 2. The highest BCUT2D eigenvalue weighted by Crippen LogP contribution is 2.26. The molecule has 1 atom stereocenters. The molecule has 0 unspecified atom stereocenters. The Labute approximate surface area is 142 Å². The highest BCUT2D eigenvalue weighted by molar-refractivity contribution is 6.17. The quantitative estimate of drug-likeness (QED) is 0.717. The van der Waals surface area contributed by atoms with Gasteiger partial charge >= 0.3 is 0 Å². The van der Waals surface area contributed by atoms with Crippen molar-refractivity contribution < 1.29 is 13.6 Å². The first-order valence-electron chi connectivity index (χ1n) is 7.71. The van der Waals surface area contributed by atoms with Gasteiger partial charge in [0, 0.05) is 28.6 Å². The van der Waals surface area contributed by atoms with Crippen LogP contribution in [0.15, 0.2) is 41.3 Å². The van der Waals surface area contributed by atoms with Crippen LogP contribution in [0.25, 0.3) is 10.8 Å². The molecule has 3 N–H and O–H groups in total. The summed E-state index contributed by atoms with van der Waals surface area (Å²) in [5.41, 5.74) is 5.58. The molecule has 128 valence electrons. The number of rotatable bonds is 3. The van der Waals surface area contributed by atoms with Crippen LogP contribution in [0.4, 0.5) is 8.78 Å². The van der Waals surface area contributed by atoms with E-state index in [1.165, 1.54) is 18.3 Å². The molecule has 0 aliphatic rings. The molecule has 4 nitrogen and oxygen atoms in total. The van der Waals surface area contributed by atoms with Gasteiger partial charge in [0.1, 0.15) is 11.6 Å². The number of carbonyl (C=O) groups is 1. The van der Waals surface area contributed by atoms with Gasteiger partial charge in [-0.25, -0.2) is 8.78 Å². The molecule has 0 fully saturated rings.